The fraction of sp³-hybridized carbons (Fsp3) is 0.688. The summed E-state index contributed by atoms with van der Waals surface area (Å²) in [5, 5.41) is 5.31. The summed E-state index contributed by atoms with van der Waals surface area (Å²) in [6, 6.07) is 4.27. The highest BCUT2D eigenvalue weighted by Gasteiger charge is 2.38. The Labute approximate surface area is 125 Å². The quantitative estimate of drug-likeness (QED) is 0.815. The fourth-order valence-electron chi connectivity index (χ4n) is 3.10. The third-order valence-corrected chi connectivity index (χ3v) is 5.52. The van der Waals surface area contributed by atoms with Crippen LogP contribution in [0.5, 0.6) is 0 Å². The van der Waals surface area contributed by atoms with Crippen molar-refractivity contribution in [3.05, 3.63) is 22.4 Å². The molecule has 0 aliphatic heterocycles. The van der Waals surface area contributed by atoms with Crippen LogP contribution in [0.3, 0.4) is 0 Å². The summed E-state index contributed by atoms with van der Waals surface area (Å²) in [5.41, 5.74) is 5.65. The van der Waals surface area contributed by atoms with E-state index in [2.05, 4.69) is 23.7 Å². The van der Waals surface area contributed by atoms with Gasteiger partial charge in [-0.15, -0.1) is 11.3 Å². The van der Waals surface area contributed by atoms with Crippen molar-refractivity contribution in [1.29, 1.82) is 0 Å². The van der Waals surface area contributed by atoms with Gasteiger partial charge in [-0.1, -0.05) is 38.7 Å². The van der Waals surface area contributed by atoms with Crippen LogP contribution in [-0.4, -0.2) is 12.5 Å². The first-order valence-corrected chi connectivity index (χ1v) is 8.64. The molecule has 1 heterocycles. The van der Waals surface area contributed by atoms with Gasteiger partial charge in [-0.25, -0.2) is 0 Å². The number of carbonyl (C=O) groups excluding carboxylic acids is 1. The Bertz CT molecular complexity index is 408. The van der Waals surface area contributed by atoms with Gasteiger partial charge in [-0.3, -0.25) is 4.79 Å². The minimum Gasteiger partial charge on any atom is -0.348 e. The van der Waals surface area contributed by atoms with Crippen molar-refractivity contribution < 1.29 is 4.79 Å². The summed E-state index contributed by atoms with van der Waals surface area (Å²) in [4.78, 5) is 14.0. The lowest BCUT2D eigenvalue weighted by molar-refractivity contribution is -0.132. The van der Waals surface area contributed by atoms with E-state index in [9.17, 15) is 4.79 Å². The molecular formula is C16H26N2OS. The minimum atomic E-state index is -0.332. The Morgan fingerprint density at radius 1 is 1.40 bits per heavy atom. The Morgan fingerprint density at radius 2 is 2.10 bits per heavy atom. The normalized spacial score (nSPS) is 20.1. The maximum Gasteiger partial charge on any atom is 0.228 e. The second kappa shape index (κ2) is 7.23. The van der Waals surface area contributed by atoms with E-state index < -0.39 is 0 Å². The lowest BCUT2D eigenvalue weighted by atomic mass is 9.79. The zero-order valence-electron chi connectivity index (χ0n) is 12.4. The van der Waals surface area contributed by atoms with Crippen molar-refractivity contribution in [1.82, 2.24) is 5.32 Å². The Kier molecular flexibility index (Phi) is 5.61. The maximum absolute atomic E-state index is 12.8. The van der Waals surface area contributed by atoms with Crippen LogP contribution in [0.1, 0.15) is 62.8 Å². The molecule has 2 rings (SSSR count). The molecule has 4 heteroatoms. The molecule has 1 saturated carbocycles. The number of nitrogens with one attached hydrogen (secondary N) is 1. The summed E-state index contributed by atoms with van der Waals surface area (Å²) in [6.07, 6.45) is 7.52. The van der Waals surface area contributed by atoms with Gasteiger partial charge in [0.2, 0.25) is 5.91 Å². The van der Waals surface area contributed by atoms with Crippen LogP contribution < -0.4 is 11.1 Å². The molecule has 1 fully saturated rings. The van der Waals surface area contributed by atoms with Crippen molar-refractivity contribution >= 4 is 17.2 Å². The highest BCUT2D eigenvalue weighted by atomic mass is 32.1. The van der Waals surface area contributed by atoms with Gasteiger partial charge in [-0.05, 0) is 30.7 Å². The molecule has 1 aromatic rings. The molecule has 1 atom stereocenters. The number of hydrogen-bond acceptors (Lipinski definition) is 3. The van der Waals surface area contributed by atoms with Gasteiger partial charge in [-0.2, -0.15) is 0 Å². The van der Waals surface area contributed by atoms with Crippen molar-refractivity contribution in [2.24, 2.45) is 11.1 Å². The van der Waals surface area contributed by atoms with Crippen molar-refractivity contribution in [2.45, 2.75) is 57.9 Å². The second-order valence-electron chi connectivity index (χ2n) is 5.85. The molecule has 0 aromatic carbocycles. The highest BCUT2D eigenvalue weighted by molar-refractivity contribution is 7.10. The van der Waals surface area contributed by atoms with E-state index >= 15 is 0 Å². The van der Waals surface area contributed by atoms with Gasteiger partial charge in [0.1, 0.15) is 0 Å². The monoisotopic (exact) mass is 294 g/mol. The first kappa shape index (κ1) is 15.5. The molecule has 3 nitrogen and oxygen atoms in total. The first-order valence-electron chi connectivity index (χ1n) is 7.76. The van der Waals surface area contributed by atoms with E-state index in [1.54, 1.807) is 11.3 Å². The molecule has 1 aliphatic rings. The molecule has 0 bridgehead atoms. The van der Waals surface area contributed by atoms with Crippen LogP contribution in [0.4, 0.5) is 0 Å². The summed E-state index contributed by atoms with van der Waals surface area (Å²) in [7, 11) is 0. The summed E-state index contributed by atoms with van der Waals surface area (Å²) in [6.45, 7) is 2.59. The SMILES string of the molecule is CCC(NC(=O)C1(CN)CCCCCC1)c1cccs1. The summed E-state index contributed by atoms with van der Waals surface area (Å²) >= 11 is 1.71. The molecule has 112 valence electrons. The number of rotatable bonds is 5. The van der Waals surface area contributed by atoms with Crippen molar-refractivity contribution in [3.8, 4) is 0 Å². The molecular weight excluding hydrogens is 268 g/mol. The Morgan fingerprint density at radius 3 is 2.60 bits per heavy atom. The van der Waals surface area contributed by atoms with Crippen LogP contribution in [0.2, 0.25) is 0 Å². The van der Waals surface area contributed by atoms with E-state index in [0.29, 0.717) is 6.54 Å². The van der Waals surface area contributed by atoms with E-state index in [-0.39, 0.29) is 17.4 Å². The topological polar surface area (TPSA) is 55.1 Å². The molecule has 1 unspecified atom stereocenters. The largest absolute Gasteiger partial charge is 0.348 e. The molecule has 1 amide bonds. The smallest absolute Gasteiger partial charge is 0.228 e. The Hall–Kier alpha value is -0.870. The molecule has 0 saturated heterocycles. The predicted octanol–water partition coefficient (Wildman–Crippen LogP) is 3.61. The van der Waals surface area contributed by atoms with Crippen molar-refractivity contribution in [3.63, 3.8) is 0 Å². The minimum absolute atomic E-state index is 0.133. The lowest BCUT2D eigenvalue weighted by Crippen LogP contribution is -2.46. The van der Waals surface area contributed by atoms with Gasteiger partial charge in [0, 0.05) is 11.4 Å². The van der Waals surface area contributed by atoms with Crippen LogP contribution in [0.15, 0.2) is 17.5 Å². The average molecular weight is 294 g/mol. The summed E-state index contributed by atoms with van der Waals surface area (Å²) in [5.74, 6) is 0.169. The second-order valence-corrected chi connectivity index (χ2v) is 6.83. The van der Waals surface area contributed by atoms with Crippen LogP contribution in [0, 0.1) is 5.41 Å². The van der Waals surface area contributed by atoms with E-state index in [1.165, 1.54) is 17.7 Å². The van der Waals surface area contributed by atoms with Crippen LogP contribution >= 0.6 is 11.3 Å². The fourth-order valence-corrected chi connectivity index (χ4v) is 3.97. The predicted molar refractivity (Wildman–Crippen MR) is 84.7 cm³/mol. The van der Waals surface area contributed by atoms with Gasteiger partial charge < -0.3 is 11.1 Å². The molecule has 1 aliphatic carbocycles. The standard InChI is InChI=1S/C16H26N2OS/c1-2-13(14-8-7-11-20-14)18-15(19)16(12-17)9-5-3-4-6-10-16/h7-8,11,13H,2-6,9-10,12,17H2,1H3,(H,18,19). The third kappa shape index (κ3) is 3.41. The number of nitrogens with two attached hydrogens (primary N) is 1. The molecule has 0 spiro atoms. The third-order valence-electron chi connectivity index (χ3n) is 4.53. The van der Waals surface area contributed by atoms with E-state index in [4.69, 9.17) is 5.73 Å². The van der Waals surface area contributed by atoms with E-state index in [1.807, 2.05) is 6.07 Å². The molecule has 3 N–H and O–H groups in total. The van der Waals surface area contributed by atoms with E-state index in [0.717, 1.165) is 32.1 Å². The van der Waals surface area contributed by atoms with Gasteiger partial charge in [0.25, 0.3) is 0 Å². The van der Waals surface area contributed by atoms with Crippen LogP contribution in [-0.2, 0) is 4.79 Å². The number of amides is 1. The van der Waals surface area contributed by atoms with Gasteiger partial charge in [0.05, 0.1) is 11.5 Å². The maximum atomic E-state index is 12.8. The van der Waals surface area contributed by atoms with Crippen molar-refractivity contribution in [2.75, 3.05) is 6.54 Å². The van der Waals surface area contributed by atoms with Gasteiger partial charge >= 0.3 is 0 Å². The van der Waals surface area contributed by atoms with Gasteiger partial charge in [0.15, 0.2) is 0 Å². The average Bonchev–Trinajstić information content (AvgIpc) is 2.89. The molecule has 20 heavy (non-hydrogen) atoms. The molecule has 1 aromatic heterocycles. The zero-order chi connectivity index (χ0) is 14.4. The van der Waals surface area contributed by atoms with Crippen LogP contribution in [0.25, 0.3) is 0 Å². The number of thiophene rings is 1. The lowest BCUT2D eigenvalue weighted by Gasteiger charge is -2.31. The Balaban J connectivity index is 2.08. The zero-order valence-corrected chi connectivity index (χ0v) is 13.2. The first-order chi connectivity index (χ1) is 9.72. The number of hydrogen-bond donors (Lipinski definition) is 2. The highest BCUT2D eigenvalue weighted by Crippen LogP contribution is 2.35. The summed E-state index contributed by atoms with van der Waals surface area (Å²) < 4.78 is 0. The number of carbonyl (C=O) groups is 1. The molecule has 0 radical (unpaired) electrons.